The predicted octanol–water partition coefficient (Wildman–Crippen LogP) is 3.39. The average Bonchev–Trinajstić information content (AvgIpc) is 2.36. The minimum Gasteiger partial charge on any atom is -0.386 e. The molecule has 1 N–H and O–H groups in total. The van der Waals surface area contributed by atoms with Crippen molar-refractivity contribution < 1.29 is 23.0 Å². The van der Waals surface area contributed by atoms with Gasteiger partial charge in [0.15, 0.2) is 0 Å². The van der Waals surface area contributed by atoms with Gasteiger partial charge in [-0.15, -0.1) is 0 Å². The number of aliphatic hydroxyl groups is 1. The van der Waals surface area contributed by atoms with Crippen molar-refractivity contribution in [1.82, 2.24) is 0 Å². The number of halogens is 3. The molecule has 2 nitrogen and oxygen atoms in total. The molecule has 2 rings (SSSR count). The van der Waals surface area contributed by atoms with Gasteiger partial charge in [-0.2, -0.15) is 13.2 Å². The van der Waals surface area contributed by atoms with Crippen LogP contribution in [-0.2, 0) is 11.2 Å². The molecule has 5 heteroatoms. The maximum absolute atomic E-state index is 12.0. The molecule has 0 fully saturated rings. The average molecular weight is 274 g/mol. The highest BCUT2D eigenvalue weighted by Gasteiger charge is 2.29. The first-order valence-corrected chi connectivity index (χ1v) is 6.41. The topological polar surface area (TPSA) is 29.5 Å². The van der Waals surface area contributed by atoms with E-state index in [9.17, 15) is 18.3 Å². The van der Waals surface area contributed by atoms with Crippen LogP contribution in [0.1, 0.15) is 36.5 Å². The maximum Gasteiger partial charge on any atom is 0.389 e. The third kappa shape index (κ3) is 3.94. The lowest BCUT2D eigenvalue weighted by molar-refractivity contribution is -0.140. The second-order valence-electron chi connectivity index (χ2n) is 4.81. The smallest absolute Gasteiger partial charge is 0.386 e. The van der Waals surface area contributed by atoms with Crippen molar-refractivity contribution in [3.05, 3.63) is 35.4 Å². The summed E-state index contributed by atoms with van der Waals surface area (Å²) in [5, 5.41) is 10.1. The van der Waals surface area contributed by atoms with Gasteiger partial charge in [-0.3, -0.25) is 0 Å². The summed E-state index contributed by atoms with van der Waals surface area (Å²) < 4.78 is 41.4. The lowest BCUT2D eigenvalue weighted by Gasteiger charge is -2.30. The van der Waals surface area contributed by atoms with Crippen LogP contribution in [0.5, 0.6) is 0 Å². The lowest BCUT2D eigenvalue weighted by Crippen LogP contribution is -2.28. The van der Waals surface area contributed by atoms with Crippen LogP contribution >= 0.6 is 0 Å². The second kappa shape index (κ2) is 5.92. The molecule has 0 spiro atoms. The normalized spacial score (nSPS) is 23.2. The zero-order chi connectivity index (χ0) is 13.9. The number of fused-ring (bicyclic) bond motifs is 1. The van der Waals surface area contributed by atoms with E-state index >= 15 is 0 Å². The van der Waals surface area contributed by atoms with Gasteiger partial charge in [0, 0.05) is 13.0 Å². The van der Waals surface area contributed by atoms with Gasteiger partial charge in [-0.1, -0.05) is 24.3 Å². The Morgan fingerprint density at radius 2 is 2.00 bits per heavy atom. The molecule has 0 aliphatic heterocycles. The highest BCUT2D eigenvalue weighted by Crippen LogP contribution is 2.32. The maximum atomic E-state index is 12.0. The van der Waals surface area contributed by atoms with Crippen molar-refractivity contribution in [2.24, 2.45) is 0 Å². The number of benzene rings is 1. The summed E-state index contributed by atoms with van der Waals surface area (Å²) in [6, 6.07) is 7.55. The molecular formula is C14H17F3O2. The fraction of sp³-hybridized carbons (Fsp3) is 0.571. The summed E-state index contributed by atoms with van der Waals surface area (Å²) in [4.78, 5) is 0. The molecular weight excluding hydrogens is 257 g/mol. The first kappa shape index (κ1) is 14.3. The van der Waals surface area contributed by atoms with Crippen molar-refractivity contribution in [3.8, 4) is 0 Å². The van der Waals surface area contributed by atoms with Crippen molar-refractivity contribution in [1.29, 1.82) is 0 Å². The first-order chi connectivity index (χ1) is 8.97. The van der Waals surface area contributed by atoms with E-state index in [-0.39, 0.29) is 13.0 Å². The van der Waals surface area contributed by atoms with Crippen LogP contribution < -0.4 is 0 Å². The van der Waals surface area contributed by atoms with Crippen LogP contribution in [0.25, 0.3) is 0 Å². The molecule has 1 aromatic carbocycles. The molecule has 0 amide bonds. The summed E-state index contributed by atoms with van der Waals surface area (Å²) in [6.45, 7) is 0.0312. The van der Waals surface area contributed by atoms with E-state index in [0.29, 0.717) is 6.42 Å². The number of aliphatic hydroxyl groups excluding tert-OH is 1. The molecule has 0 radical (unpaired) electrons. The molecule has 2 unspecified atom stereocenters. The van der Waals surface area contributed by atoms with E-state index in [1.807, 2.05) is 24.3 Å². The summed E-state index contributed by atoms with van der Waals surface area (Å²) >= 11 is 0. The molecule has 106 valence electrons. The van der Waals surface area contributed by atoms with E-state index in [1.54, 1.807) is 0 Å². The molecule has 1 aliphatic rings. The number of hydrogen-bond donors (Lipinski definition) is 1. The summed E-state index contributed by atoms with van der Waals surface area (Å²) in [5.41, 5.74) is 1.92. The minimum atomic E-state index is -4.14. The van der Waals surface area contributed by atoms with Gasteiger partial charge < -0.3 is 9.84 Å². The van der Waals surface area contributed by atoms with Gasteiger partial charge in [0.2, 0.25) is 0 Å². The van der Waals surface area contributed by atoms with E-state index in [0.717, 1.165) is 17.5 Å². The largest absolute Gasteiger partial charge is 0.389 e. The lowest BCUT2D eigenvalue weighted by atomic mass is 9.87. The Morgan fingerprint density at radius 3 is 2.74 bits per heavy atom. The Labute approximate surface area is 110 Å². The molecule has 2 atom stereocenters. The van der Waals surface area contributed by atoms with Gasteiger partial charge in [-0.25, -0.2) is 0 Å². The van der Waals surface area contributed by atoms with Crippen LogP contribution in [0.4, 0.5) is 13.2 Å². The quantitative estimate of drug-likeness (QED) is 0.853. The molecule has 0 saturated carbocycles. The third-order valence-corrected chi connectivity index (χ3v) is 3.36. The van der Waals surface area contributed by atoms with Crippen LogP contribution in [0.15, 0.2) is 24.3 Å². The Hall–Kier alpha value is -1.07. The van der Waals surface area contributed by atoms with E-state index in [4.69, 9.17) is 4.74 Å². The molecule has 0 heterocycles. The molecule has 1 aromatic rings. The van der Waals surface area contributed by atoms with Crippen molar-refractivity contribution >= 4 is 0 Å². The van der Waals surface area contributed by atoms with E-state index < -0.39 is 24.8 Å². The first-order valence-electron chi connectivity index (χ1n) is 6.41. The van der Waals surface area contributed by atoms with Gasteiger partial charge in [-0.05, 0) is 30.4 Å². The molecule has 19 heavy (non-hydrogen) atoms. The predicted molar refractivity (Wildman–Crippen MR) is 64.8 cm³/mol. The standard InChI is InChI=1S/C14H17F3O2/c15-14(16,17)8-3-9-19-12-7-6-10-4-1-2-5-11(10)13(12)18/h1-2,4-5,12-13,18H,3,6-9H2. The van der Waals surface area contributed by atoms with Crippen LogP contribution in [0.3, 0.4) is 0 Å². The number of alkyl halides is 3. The Morgan fingerprint density at radius 1 is 1.26 bits per heavy atom. The molecule has 0 saturated heterocycles. The Balaban J connectivity index is 1.84. The fourth-order valence-electron chi connectivity index (χ4n) is 2.39. The van der Waals surface area contributed by atoms with Crippen molar-refractivity contribution in [3.63, 3.8) is 0 Å². The molecule has 0 aromatic heterocycles. The SMILES string of the molecule is OC1c2ccccc2CCC1OCCCC(F)(F)F. The minimum absolute atomic E-state index is 0.0312. The number of ether oxygens (including phenoxy) is 1. The number of hydrogen-bond acceptors (Lipinski definition) is 2. The van der Waals surface area contributed by atoms with E-state index in [1.165, 1.54) is 0 Å². The van der Waals surface area contributed by atoms with Gasteiger partial charge in [0.1, 0.15) is 6.10 Å². The zero-order valence-electron chi connectivity index (χ0n) is 10.5. The summed E-state index contributed by atoms with van der Waals surface area (Å²) in [6.07, 6.45) is -4.75. The third-order valence-electron chi connectivity index (χ3n) is 3.36. The number of rotatable bonds is 4. The Bertz CT molecular complexity index is 417. The second-order valence-corrected chi connectivity index (χ2v) is 4.81. The summed E-state index contributed by atoms with van der Waals surface area (Å²) in [7, 11) is 0. The molecule has 0 bridgehead atoms. The highest BCUT2D eigenvalue weighted by atomic mass is 19.4. The van der Waals surface area contributed by atoms with Crippen molar-refractivity contribution in [2.75, 3.05) is 6.61 Å². The monoisotopic (exact) mass is 274 g/mol. The number of aryl methyl sites for hydroxylation is 1. The van der Waals surface area contributed by atoms with Crippen molar-refractivity contribution in [2.45, 2.75) is 44.1 Å². The highest BCUT2D eigenvalue weighted by molar-refractivity contribution is 5.32. The van der Waals surface area contributed by atoms with Crippen LogP contribution in [-0.4, -0.2) is 24.0 Å². The van der Waals surface area contributed by atoms with E-state index in [2.05, 4.69) is 0 Å². The zero-order valence-corrected chi connectivity index (χ0v) is 10.5. The fourth-order valence-corrected chi connectivity index (χ4v) is 2.39. The van der Waals surface area contributed by atoms with Gasteiger partial charge >= 0.3 is 6.18 Å². The van der Waals surface area contributed by atoms with Gasteiger partial charge in [0.25, 0.3) is 0 Å². The van der Waals surface area contributed by atoms with Crippen LogP contribution in [0, 0.1) is 0 Å². The summed E-state index contributed by atoms with van der Waals surface area (Å²) in [5.74, 6) is 0. The van der Waals surface area contributed by atoms with Crippen LogP contribution in [0.2, 0.25) is 0 Å². The molecule has 1 aliphatic carbocycles. The van der Waals surface area contributed by atoms with Gasteiger partial charge in [0.05, 0.1) is 6.10 Å². The Kier molecular flexibility index (Phi) is 4.47.